The molecule has 0 unspecified atom stereocenters. The molecule has 1 aliphatic heterocycles. The number of amides is 1. The topological polar surface area (TPSA) is 53.0 Å². The molecule has 1 heterocycles. The Morgan fingerprint density at radius 2 is 2.04 bits per heavy atom. The van der Waals surface area contributed by atoms with E-state index in [0.717, 1.165) is 44.0 Å². The van der Waals surface area contributed by atoms with Gasteiger partial charge in [0.15, 0.2) is 0 Å². The Morgan fingerprint density at radius 1 is 1.30 bits per heavy atom. The lowest BCUT2D eigenvalue weighted by atomic mass is 10.1. The SMILES string of the molecule is COc1cccc(CC(=O)N2CCN(C[C@@H](O)C3CC3)CC2)c1. The van der Waals surface area contributed by atoms with Crippen molar-refractivity contribution in [1.29, 1.82) is 0 Å². The summed E-state index contributed by atoms with van der Waals surface area (Å²) in [5.41, 5.74) is 0.987. The lowest BCUT2D eigenvalue weighted by Gasteiger charge is -2.35. The van der Waals surface area contributed by atoms with Crippen molar-refractivity contribution in [2.75, 3.05) is 39.8 Å². The van der Waals surface area contributed by atoms with E-state index in [1.54, 1.807) is 7.11 Å². The Hall–Kier alpha value is -1.59. The van der Waals surface area contributed by atoms with E-state index in [1.807, 2.05) is 29.2 Å². The minimum absolute atomic E-state index is 0.167. The minimum Gasteiger partial charge on any atom is -0.497 e. The first kappa shape index (κ1) is 16.3. The van der Waals surface area contributed by atoms with E-state index < -0.39 is 0 Å². The molecule has 1 amide bonds. The summed E-state index contributed by atoms with van der Waals surface area (Å²) in [5.74, 6) is 1.47. The van der Waals surface area contributed by atoms with Crippen molar-refractivity contribution in [2.24, 2.45) is 5.92 Å². The molecule has 0 aromatic heterocycles. The standard InChI is InChI=1S/C18H26N2O3/c1-23-16-4-2-3-14(11-16)12-18(22)20-9-7-19(8-10-20)13-17(21)15-5-6-15/h2-4,11,15,17,21H,5-10,12-13H2,1H3/t17-/m1/s1. The van der Waals surface area contributed by atoms with E-state index in [9.17, 15) is 9.90 Å². The number of ether oxygens (including phenoxy) is 1. The van der Waals surface area contributed by atoms with Gasteiger partial charge in [-0.25, -0.2) is 0 Å². The normalized spacial score (nSPS) is 20.3. The van der Waals surface area contributed by atoms with Gasteiger partial charge in [-0.05, 0) is 36.5 Å². The van der Waals surface area contributed by atoms with E-state index in [0.29, 0.717) is 12.3 Å². The Bertz CT molecular complexity index is 537. The highest BCUT2D eigenvalue weighted by molar-refractivity contribution is 5.79. The van der Waals surface area contributed by atoms with Crippen molar-refractivity contribution < 1.29 is 14.6 Å². The number of aliphatic hydroxyl groups excluding tert-OH is 1. The molecule has 2 fully saturated rings. The fraction of sp³-hybridized carbons (Fsp3) is 0.611. The zero-order chi connectivity index (χ0) is 16.2. The van der Waals surface area contributed by atoms with Gasteiger partial charge in [0, 0.05) is 32.7 Å². The molecule has 1 aromatic carbocycles. The van der Waals surface area contributed by atoms with Gasteiger partial charge in [-0.1, -0.05) is 12.1 Å². The number of β-amino-alcohol motifs (C(OH)–C–C–N with tert-alkyl or cyclic N) is 1. The molecule has 126 valence electrons. The van der Waals surface area contributed by atoms with Crippen LogP contribution in [0.4, 0.5) is 0 Å². The molecule has 0 radical (unpaired) electrons. The molecule has 3 rings (SSSR count). The summed E-state index contributed by atoms with van der Waals surface area (Å²) in [6.45, 7) is 3.96. The van der Waals surface area contributed by atoms with Crippen LogP contribution in [-0.2, 0) is 11.2 Å². The number of piperazine rings is 1. The van der Waals surface area contributed by atoms with E-state index in [4.69, 9.17) is 4.74 Å². The zero-order valence-corrected chi connectivity index (χ0v) is 13.8. The smallest absolute Gasteiger partial charge is 0.227 e. The fourth-order valence-corrected chi connectivity index (χ4v) is 3.14. The third-order valence-corrected chi connectivity index (χ3v) is 4.83. The summed E-state index contributed by atoms with van der Waals surface area (Å²) in [5, 5.41) is 10.0. The Balaban J connectivity index is 1.45. The van der Waals surface area contributed by atoms with Gasteiger partial charge >= 0.3 is 0 Å². The second-order valence-electron chi connectivity index (χ2n) is 6.61. The van der Waals surface area contributed by atoms with Crippen LogP contribution in [0.25, 0.3) is 0 Å². The third kappa shape index (κ3) is 4.45. The first-order valence-electron chi connectivity index (χ1n) is 8.47. The highest BCUT2D eigenvalue weighted by atomic mass is 16.5. The second-order valence-corrected chi connectivity index (χ2v) is 6.61. The average Bonchev–Trinajstić information content (AvgIpc) is 3.40. The largest absolute Gasteiger partial charge is 0.497 e. The average molecular weight is 318 g/mol. The number of carbonyl (C=O) groups is 1. The lowest BCUT2D eigenvalue weighted by Crippen LogP contribution is -2.51. The molecular weight excluding hydrogens is 292 g/mol. The zero-order valence-electron chi connectivity index (χ0n) is 13.8. The molecule has 1 aliphatic carbocycles. The molecule has 1 saturated heterocycles. The van der Waals surface area contributed by atoms with Gasteiger partial charge in [0.25, 0.3) is 0 Å². The molecule has 1 saturated carbocycles. The molecule has 2 aliphatic rings. The van der Waals surface area contributed by atoms with Gasteiger partial charge in [-0.3, -0.25) is 9.69 Å². The van der Waals surface area contributed by atoms with Crippen LogP contribution < -0.4 is 4.74 Å². The Morgan fingerprint density at radius 3 is 2.70 bits per heavy atom. The van der Waals surface area contributed by atoms with Crippen LogP contribution in [0, 0.1) is 5.92 Å². The summed E-state index contributed by atoms with van der Waals surface area (Å²) in [6, 6.07) is 7.68. The molecule has 23 heavy (non-hydrogen) atoms. The van der Waals surface area contributed by atoms with Crippen LogP contribution in [0.5, 0.6) is 5.75 Å². The number of rotatable bonds is 6. The molecular formula is C18H26N2O3. The number of nitrogens with zero attached hydrogens (tertiary/aromatic N) is 2. The summed E-state index contributed by atoms with van der Waals surface area (Å²) in [7, 11) is 1.64. The van der Waals surface area contributed by atoms with E-state index >= 15 is 0 Å². The summed E-state index contributed by atoms with van der Waals surface area (Å²) in [4.78, 5) is 16.6. The highest BCUT2D eigenvalue weighted by Gasteiger charge is 2.32. The maximum absolute atomic E-state index is 12.4. The Kier molecular flexibility index (Phi) is 5.18. The predicted molar refractivity (Wildman–Crippen MR) is 88.4 cm³/mol. The lowest BCUT2D eigenvalue weighted by molar-refractivity contribution is -0.132. The number of benzene rings is 1. The summed E-state index contributed by atoms with van der Waals surface area (Å²) in [6.07, 6.45) is 2.57. The minimum atomic E-state index is -0.186. The van der Waals surface area contributed by atoms with Crippen molar-refractivity contribution in [3.8, 4) is 5.75 Å². The van der Waals surface area contributed by atoms with Crippen molar-refractivity contribution in [1.82, 2.24) is 9.80 Å². The fourth-order valence-electron chi connectivity index (χ4n) is 3.14. The van der Waals surface area contributed by atoms with Crippen molar-refractivity contribution in [2.45, 2.75) is 25.4 Å². The van der Waals surface area contributed by atoms with Gasteiger partial charge in [-0.15, -0.1) is 0 Å². The van der Waals surface area contributed by atoms with Crippen molar-refractivity contribution in [3.05, 3.63) is 29.8 Å². The first-order valence-corrected chi connectivity index (χ1v) is 8.47. The summed E-state index contributed by atoms with van der Waals surface area (Å²) < 4.78 is 5.20. The van der Waals surface area contributed by atoms with Gasteiger partial charge in [-0.2, -0.15) is 0 Å². The number of hydrogen-bond donors (Lipinski definition) is 1. The van der Waals surface area contributed by atoms with Crippen LogP contribution in [0.1, 0.15) is 18.4 Å². The van der Waals surface area contributed by atoms with Crippen LogP contribution in [0.15, 0.2) is 24.3 Å². The highest BCUT2D eigenvalue weighted by Crippen LogP contribution is 2.32. The first-order chi connectivity index (χ1) is 11.2. The van der Waals surface area contributed by atoms with Gasteiger partial charge in [0.05, 0.1) is 19.6 Å². The summed E-state index contributed by atoms with van der Waals surface area (Å²) >= 11 is 0. The van der Waals surface area contributed by atoms with Crippen LogP contribution in [0.3, 0.4) is 0 Å². The van der Waals surface area contributed by atoms with Gasteiger partial charge < -0.3 is 14.7 Å². The molecule has 1 N–H and O–H groups in total. The van der Waals surface area contributed by atoms with E-state index in [2.05, 4.69) is 4.90 Å². The quantitative estimate of drug-likeness (QED) is 0.855. The van der Waals surface area contributed by atoms with Gasteiger partial charge in [0.2, 0.25) is 5.91 Å². The van der Waals surface area contributed by atoms with E-state index in [1.165, 1.54) is 12.8 Å². The third-order valence-electron chi connectivity index (χ3n) is 4.83. The molecule has 5 nitrogen and oxygen atoms in total. The molecule has 5 heteroatoms. The molecule has 1 atom stereocenters. The number of hydrogen-bond acceptors (Lipinski definition) is 4. The molecule has 1 aromatic rings. The van der Waals surface area contributed by atoms with Crippen molar-refractivity contribution >= 4 is 5.91 Å². The van der Waals surface area contributed by atoms with Gasteiger partial charge in [0.1, 0.15) is 5.75 Å². The van der Waals surface area contributed by atoms with Crippen LogP contribution >= 0.6 is 0 Å². The number of methoxy groups -OCH3 is 1. The predicted octanol–water partition coefficient (Wildman–Crippen LogP) is 1.15. The van der Waals surface area contributed by atoms with Crippen LogP contribution in [-0.4, -0.2) is 66.8 Å². The Labute approximate surface area is 137 Å². The van der Waals surface area contributed by atoms with Crippen molar-refractivity contribution in [3.63, 3.8) is 0 Å². The maximum atomic E-state index is 12.4. The number of carbonyl (C=O) groups excluding carboxylic acids is 1. The molecule has 0 bridgehead atoms. The monoisotopic (exact) mass is 318 g/mol. The second kappa shape index (κ2) is 7.32. The maximum Gasteiger partial charge on any atom is 0.227 e. The van der Waals surface area contributed by atoms with E-state index in [-0.39, 0.29) is 12.0 Å². The van der Waals surface area contributed by atoms with Crippen LogP contribution in [0.2, 0.25) is 0 Å². The number of aliphatic hydroxyl groups is 1. The molecule has 0 spiro atoms.